The fraction of sp³-hybridized carbons (Fsp3) is 0.385. The number of nitrogens with two attached hydrogens (primary N) is 1. The van der Waals surface area contributed by atoms with Crippen LogP contribution in [0.2, 0.25) is 0 Å². The quantitative estimate of drug-likeness (QED) is 0.640. The molecule has 5 nitrogen and oxygen atoms in total. The first-order chi connectivity index (χ1) is 8.95. The van der Waals surface area contributed by atoms with E-state index in [4.69, 9.17) is 10.5 Å². The van der Waals surface area contributed by atoms with Gasteiger partial charge in [-0.25, -0.2) is 4.79 Å². The maximum Gasteiger partial charge on any atom is 0.341 e. The third-order valence-corrected chi connectivity index (χ3v) is 2.93. The number of halogens is 1. The first-order valence-corrected chi connectivity index (χ1v) is 6.78. The zero-order chi connectivity index (χ0) is 14.4. The van der Waals surface area contributed by atoms with Crippen molar-refractivity contribution in [3.05, 3.63) is 28.2 Å². The Hall–Kier alpha value is -1.56. The summed E-state index contributed by atoms with van der Waals surface area (Å²) in [4.78, 5) is 23.5. The number of hydrogen-bond acceptors (Lipinski definition) is 4. The molecule has 1 rings (SSSR count). The Morgan fingerprint density at radius 3 is 2.79 bits per heavy atom. The van der Waals surface area contributed by atoms with Crippen LogP contribution in [-0.2, 0) is 9.53 Å². The lowest BCUT2D eigenvalue weighted by molar-refractivity contribution is -0.129. The number of carbonyl (C=O) groups excluding carboxylic acids is 2. The number of hydrogen-bond donors (Lipinski definition) is 2. The van der Waals surface area contributed by atoms with Gasteiger partial charge in [0, 0.05) is 16.7 Å². The Morgan fingerprint density at radius 1 is 1.47 bits per heavy atom. The van der Waals surface area contributed by atoms with Gasteiger partial charge in [0.05, 0.1) is 5.56 Å². The second-order valence-electron chi connectivity index (χ2n) is 4.07. The lowest BCUT2D eigenvalue weighted by Gasteiger charge is -2.14. The van der Waals surface area contributed by atoms with E-state index in [2.05, 4.69) is 21.2 Å². The third kappa shape index (κ3) is 4.55. The van der Waals surface area contributed by atoms with Gasteiger partial charge in [-0.1, -0.05) is 22.9 Å². The minimum absolute atomic E-state index is 0.240. The van der Waals surface area contributed by atoms with Crippen LogP contribution in [-0.4, -0.2) is 24.5 Å². The number of anilines is 1. The smallest absolute Gasteiger partial charge is 0.341 e. The highest BCUT2D eigenvalue weighted by Gasteiger charge is 2.20. The van der Waals surface area contributed by atoms with Crippen molar-refractivity contribution in [3.8, 4) is 0 Å². The molecule has 0 saturated carbocycles. The van der Waals surface area contributed by atoms with Crippen LogP contribution >= 0.6 is 15.9 Å². The summed E-state index contributed by atoms with van der Waals surface area (Å²) in [6.45, 7) is 4.02. The molecule has 1 aromatic carbocycles. The van der Waals surface area contributed by atoms with Gasteiger partial charge in [0.2, 0.25) is 0 Å². The molecule has 0 heterocycles. The van der Waals surface area contributed by atoms with Gasteiger partial charge in [-0.2, -0.15) is 0 Å². The predicted molar refractivity (Wildman–Crippen MR) is 76.7 cm³/mol. The molecule has 0 aliphatic heterocycles. The fourth-order valence-electron chi connectivity index (χ4n) is 1.37. The van der Waals surface area contributed by atoms with Crippen molar-refractivity contribution in [1.82, 2.24) is 5.32 Å². The molecule has 0 unspecified atom stereocenters. The molecule has 0 bridgehead atoms. The topological polar surface area (TPSA) is 81.4 Å². The Morgan fingerprint density at radius 2 is 2.16 bits per heavy atom. The first kappa shape index (κ1) is 15.5. The summed E-state index contributed by atoms with van der Waals surface area (Å²) in [5.74, 6) is -0.929. The van der Waals surface area contributed by atoms with E-state index >= 15 is 0 Å². The zero-order valence-corrected chi connectivity index (χ0v) is 12.5. The van der Waals surface area contributed by atoms with Crippen molar-refractivity contribution < 1.29 is 14.3 Å². The molecule has 1 amide bonds. The zero-order valence-electron chi connectivity index (χ0n) is 10.9. The molecule has 1 atom stereocenters. The summed E-state index contributed by atoms with van der Waals surface area (Å²) >= 11 is 3.25. The van der Waals surface area contributed by atoms with Crippen LogP contribution in [0.4, 0.5) is 5.69 Å². The first-order valence-electron chi connectivity index (χ1n) is 5.99. The highest BCUT2D eigenvalue weighted by molar-refractivity contribution is 9.10. The van der Waals surface area contributed by atoms with Crippen LogP contribution in [0, 0.1) is 0 Å². The summed E-state index contributed by atoms with van der Waals surface area (Å²) in [5.41, 5.74) is 6.25. The molecule has 0 aliphatic carbocycles. The second kappa shape index (κ2) is 7.13. The van der Waals surface area contributed by atoms with Gasteiger partial charge < -0.3 is 15.8 Å². The number of nitrogen functional groups attached to an aromatic ring is 1. The minimum atomic E-state index is -0.850. The van der Waals surface area contributed by atoms with Crippen LogP contribution in [0.5, 0.6) is 0 Å². The van der Waals surface area contributed by atoms with Crippen molar-refractivity contribution in [3.63, 3.8) is 0 Å². The average molecular weight is 329 g/mol. The van der Waals surface area contributed by atoms with Gasteiger partial charge in [0.15, 0.2) is 6.10 Å². The molecule has 6 heteroatoms. The highest BCUT2D eigenvalue weighted by atomic mass is 79.9. The van der Waals surface area contributed by atoms with Crippen LogP contribution in [0.15, 0.2) is 22.7 Å². The predicted octanol–water partition coefficient (Wildman–Crippen LogP) is 2.10. The van der Waals surface area contributed by atoms with E-state index in [1.54, 1.807) is 18.2 Å². The van der Waals surface area contributed by atoms with Crippen molar-refractivity contribution in [2.75, 3.05) is 12.3 Å². The van der Waals surface area contributed by atoms with Crippen LogP contribution in [0.3, 0.4) is 0 Å². The number of carbonyl (C=O) groups is 2. The maximum atomic E-state index is 11.9. The second-order valence-corrected chi connectivity index (χ2v) is 4.99. The van der Waals surface area contributed by atoms with E-state index in [-0.39, 0.29) is 11.5 Å². The lowest BCUT2D eigenvalue weighted by Crippen LogP contribution is -2.36. The molecule has 1 aromatic rings. The monoisotopic (exact) mass is 328 g/mol. The Balaban J connectivity index is 2.68. The molecule has 3 N–H and O–H groups in total. The largest absolute Gasteiger partial charge is 0.449 e. The molecule has 0 radical (unpaired) electrons. The van der Waals surface area contributed by atoms with Crippen LogP contribution < -0.4 is 11.1 Å². The number of ether oxygens (including phenoxy) is 1. The minimum Gasteiger partial charge on any atom is -0.449 e. The van der Waals surface area contributed by atoms with Crippen molar-refractivity contribution in [1.29, 1.82) is 0 Å². The number of rotatable bonds is 5. The molecular formula is C13H17BrN2O3. The Kier molecular flexibility index (Phi) is 5.82. The van der Waals surface area contributed by atoms with E-state index in [1.807, 2.05) is 6.92 Å². The molecule has 0 aromatic heterocycles. The molecule has 0 aliphatic rings. The van der Waals surface area contributed by atoms with Crippen molar-refractivity contribution in [2.24, 2.45) is 0 Å². The summed E-state index contributed by atoms with van der Waals surface area (Å²) in [6, 6.07) is 4.89. The normalized spacial score (nSPS) is 11.7. The lowest BCUT2D eigenvalue weighted by atomic mass is 10.2. The van der Waals surface area contributed by atoms with Crippen LogP contribution in [0.1, 0.15) is 30.6 Å². The van der Waals surface area contributed by atoms with Gasteiger partial charge in [0.1, 0.15) is 0 Å². The van der Waals surface area contributed by atoms with E-state index in [0.29, 0.717) is 12.2 Å². The summed E-state index contributed by atoms with van der Waals surface area (Å²) in [5, 5.41) is 2.66. The molecule has 0 fully saturated rings. The van der Waals surface area contributed by atoms with E-state index in [1.165, 1.54) is 6.92 Å². The van der Waals surface area contributed by atoms with Gasteiger partial charge in [-0.05, 0) is 31.5 Å². The Labute approximate surface area is 120 Å². The van der Waals surface area contributed by atoms with Gasteiger partial charge >= 0.3 is 5.97 Å². The van der Waals surface area contributed by atoms with E-state index < -0.39 is 12.1 Å². The third-order valence-electron chi connectivity index (χ3n) is 2.44. The van der Waals surface area contributed by atoms with Gasteiger partial charge in [-0.3, -0.25) is 4.79 Å². The molecule has 19 heavy (non-hydrogen) atoms. The molecule has 0 spiro atoms. The number of amides is 1. The standard InChI is InChI=1S/C13H17BrN2O3/c1-3-6-16-12(17)8(2)19-13(18)10-7-9(14)4-5-11(10)15/h4-5,7-8H,3,6,15H2,1-2H3,(H,16,17)/t8-/m1/s1. The van der Waals surface area contributed by atoms with Gasteiger partial charge in [0.25, 0.3) is 5.91 Å². The van der Waals surface area contributed by atoms with Crippen molar-refractivity contribution >= 4 is 33.5 Å². The molecule has 104 valence electrons. The maximum absolute atomic E-state index is 11.9. The average Bonchev–Trinajstić information content (AvgIpc) is 2.38. The summed E-state index contributed by atoms with van der Waals surface area (Å²) < 4.78 is 5.80. The summed E-state index contributed by atoms with van der Waals surface area (Å²) in [7, 11) is 0. The summed E-state index contributed by atoms with van der Waals surface area (Å²) in [6.07, 6.45) is -0.0252. The van der Waals surface area contributed by atoms with Crippen LogP contribution in [0.25, 0.3) is 0 Å². The number of benzene rings is 1. The highest BCUT2D eigenvalue weighted by Crippen LogP contribution is 2.19. The van der Waals surface area contributed by atoms with E-state index in [0.717, 1.165) is 10.9 Å². The molecular weight excluding hydrogens is 312 g/mol. The number of nitrogens with one attached hydrogen (secondary N) is 1. The molecule has 0 saturated heterocycles. The fourth-order valence-corrected chi connectivity index (χ4v) is 1.74. The number of esters is 1. The Bertz CT molecular complexity index is 477. The SMILES string of the molecule is CCCNC(=O)[C@@H](C)OC(=O)c1cc(Br)ccc1N. The van der Waals surface area contributed by atoms with E-state index in [9.17, 15) is 9.59 Å². The van der Waals surface area contributed by atoms with Gasteiger partial charge in [-0.15, -0.1) is 0 Å². The van der Waals surface area contributed by atoms with Crippen molar-refractivity contribution in [2.45, 2.75) is 26.4 Å².